The second kappa shape index (κ2) is 4.02. The molecule has 74 valence electrons. The molecule has 1 aliphatic rings. The van der Waals surface area contributed by atoms with Gasteiger partial charge in [-0.2, -0.15) is 0 Å². The van der Waals surface area contributed by atoms with Gasteiger partial charge in [-0.1, -0.05) is 6.07 Å². The van der Waals surface area contributed by atoms with Crippen molar-refractivity contribution < 1.29 is 9.90 Å². The zero-order valence-corrected chi connectivity index (χ0v) is 8.43. The van der Waals surface area contributed by atoms with E-state index in [-0.39, 0.29) is 12.5 Å². The molecule has 0 bridgehead atoms. The number of aliphatic hydroxyl groups excluding tert-OH is 1. The summed E-state index contributed by atoms with van der Waals surface area (Å²) in [5, 5.41) is 11.6. The molecule has 1 aromatic rings. The van der Waals surface area contributed by atoms with Crippen LogP contribution in [0.2, 0.25) is 0 Å². The van der Waals surface area contributed by atoms with Gasteiger partial charge in [-0.25, -0.2) is 0 Å². The predicted octanol–water partition coefficient (Wildman–Crippen LogP) is 1.27. The molecular formula is C10H11NO2S. The molecule has 1 amide bonds. The molecular weight excluding hydrogens is 198 g/mol. The first-order chi connectivity index (χ1) is 6.79. The highest BCUT2D eigenvalue weighted by Gasteiger charge is 2.14. The number of thioether (sulfide) groups is 1. The smallest absolute Gasteiger partial charge is 0.234 e. The number of anilines is 1. The van der Waals surface area contributed by atoms with E-state index in [0.29, 0.717) is 12.2 Å². The summed E-state index contributed by atoms with van der Waals surface area (Å²) in [7, 11) is 0. The van der Waals surface area contributed by atoms with Crippen LogP contribution in [-0.4, -0.2) is 23.4 Å². The summed E-state index contributed by atoms with van der Waals surface area (Å²) < 4.78 is 0. The van der Waals surface area contributed by atoms with Crippen LogP contribution in [0.1, 0.15) is 5.56 Å². The monoisotopic (exact) mass is 209 g/mol. The Morgan fingerprint density at radius 2 is 2.36 bits per heavy atom. The lowest BCUT2D eigenvalue weighted by atomic mass is 10.1. The van der Waals surface area contributed by atoms with Gasteiger partial charge < -0.3 is 10.4 Å². The van der Waals surface area contributed by atoms with E-state index in [4.69, 9.17) is 5.11 Å². The first-order valence-electron chi connectivity index (χ1n) is 4.46. The van der Waals surface area contributed by atoms with E-state index in [9.17, 15) is 4.79 Å². The van der Waals surface area contributed by atoms with Crippen LogP contribution < -0.4 is 5.32 Å². The highest BCUT2D eigenvalue weighted by molar-refractivity contribution is 8.00. The number of hydrogen-bond acceptors (Lipinski definition) is 3. The fourth-order valence-electron chi connectivity index (χ4n) is 1.40. The van der Waals surface area contributed by atoms with Crippen LogP contribution >= 0.6 is 11.8 Å². The standard InChI is InChI=1S/C10H11NO2S/c12-4-3-7-1-2-8-9(5-7)14-6-10(13)11-8/h1-2,5,12H,3-4,6H2,(H,11,13). The van der Waals surface area contributed by atoms with E-state index in [1.165, 1.54) is 0 Å². The predicted molar refractivity (Wildman–Crippen MR) is 56.6 cm³/mol. The number of aliphatic hydroxyl groups is 1. The molecule has 0 aromatic heterocycles. The average molecular weight is 209 g/mol. The molecule has 1 aromatic carbocycles. The zero-order chi connectivity index (χ0) is 9.97. The number of hydrogen-bond donors (Lipinski definition) is 2. The lowest BCUT2D eigenvalue weighted by Gasteiger charge is -2.16. The zero-order valence-electron chi connectivity index (χ0n) is 7.62. The van der Waals surface area contributed by atoms with Crippen molar-refractivity contribution in [3.8, 4) is 0 Å². The third-order valence-electron chi connectivity index (χ3n) is 2.08. The van der Waals surface area contributed by atoms with Gasteiger partial charge in [0, 0.05) is 11.5 Å². The van der Waals surface area contributed by atoms with Gasteiger partial charge in [-0.05, 0) is 24.1 Å². The molecule has 0 radical (unpaired) electrons. The minimum Gasteiger partial charge on any atom is -0.396 e. The van der Waals surface area contributed by atoms with Crippen molar-refractivity contribution in [2.45, 2.75) is 11.3 Å². The number of rotatable bonds is 2. The number of carbonyl (C=O) groups excluding carboxylic acids is 1. The van der Waals surface area contributed by atoms with Crippen molar-refractivity contribution in [1.29, 1.82) is 0 Å². The minimum atomic E-state index is 0.0532. The first kappa shape index (κ1) is 9.55. The van der Waals surface area contributed by atoms with E-state index >= 15 is 0 Å². The third-order valence-corrected chi connectivity index (χ3v) is 3.13. The first-order valence-corrected chi connectivity index (χ1v) is 5.44. The van der Waals surface area contributed by atoms with Crippen LogP contribution in [0.3, 0.4) is 0 Å². The van der Waals surface area contributed by atoms with Crippen LogP contribution in [0.15, 0.2) is 23.1 Å². The topological polar surface area (TPSA) is 49.3 Å². The number of benzene rings is 1. The maximum atomic E-state index is 11.1. The van der Waals surface area contributed by atoms with Gasteiger partial charge in [-0.3, -0.25) is 4.79 Å². The molecule has 0 fully saturated rings. The van der Waals surface area contributed by atoms with Gasteiger partial charge in [0.1, 0.15) is 0 Å². The Bertz CT molecular complexity index is 365. The van der Waals surface area contributed by atoms with E-state index in [0.717, 1.165) is 16.1 Å². The van der Waals surface area contributed by atoms with Crippen molar-refractivity contribution in [3.05, 3.63) is 23.8 Å². The van der Waals surface area contributed by atoms with Crippen molar-refractivity contribution in [2.24, 2.45) is 0 Å². The highest BCUT2D eigenvalue weighted by Crippen LogP contribution is 2.31. The number of nitrogens with one attached hydrogen (secondary N) is 1. The van der Waals surface area contributed by atoms with Crippen molar-refractivity contribution in [2.75, 3.05) is 17.7 Å². The van der Waals surface area contributed by atoms with Crippen LogP contribution in [0, 0.1) is 0 Å². The lowest BCUT2D eigenvalue weighted by molar-refractivity contribution is -0.113. The lowest BCUT2D eigenvalue weighted by Crippen LogP contribution is -2.18. The molecule has 0 spiro atoms. The summed E-state index contributed by atoms with van der Waals surface area (Å²) in [4.78, 5) is 12.2. The van der Waals surface area contributed by atoms with Crippen LogP contribution in [-0.2, 0) is 11.2 Å². The fourth-order valence-corrected chi connectivity index (χ4v) is 2.27. The molecule has 4 heteroatoms. The summed E-state index contributed by atoms with van der Waals surface area (Å²) in [6, 6.07) is 5.85. The molecule has 0 saturated carbocycles. The summed E-state index contributed by atoms with van der Waals surface area (Å²) in [5.74, 6) is 0.535. The van der Waals surface area contributed by atoms with Gasteiger partial charge in [0.05, 0.1) is 11.4 Å². The minimum absolute atomic E-state index is 0.0532. The Morgan fingerprint density at radius 3 is 3.14 bits per heavy atom. The van der Waals surface area contributed by atoms with Gasteiger partial charge in [0.15, 0.2) is 0 Å². The molecule has 14 heavy (non-hydrogen) atoms. The number of fused-ring (bicyclic) bond motifs is 1. The fraction of sp³-hybridized carbons (Fsp3) is 0.300. The Balaban J connectivity index is 2.26. The highest BCUT2D eigenvalue weighted by atomic mass is 32.2. The van der Waals surface area contributed by atoms with Gasteiger partial charge in [0.2, 0.25) is 5.91 Å². The molecule has 2 N–H and O–H groups in total. The Morgan fingerprint density at radius 1 is 1.50 bits per heavy atom. The Hall–Kier alpha value is -1.00. The molecule has 1 heterocycles. The quantitative estimate of drug-likeness (QED) is 0.771. The van der Waals surface area contributed by atoms with Crippen LogP contribution in [0.25, 0.3) is 0 Å². The third kappa shape index (κ3) is 1.91. The summed E-state index contributed by atoms with van der Waals surface area (Å²) in [6.45, 7) is 0.163. The Labute approximate surface area is 86.5 Å². The number of carbonyl (C=O) groups is 1. The molecule has 0 atom stereocenters. The van der Waals surface area contributed by atoms with E-state index in [2.05, 4.69) is 5.32 Å². The largest absolute Gasteiger partial charge is 0.396 e. The van der Waals surface area contributed by atoms with Crippen molar-refractivity contribution in [3.63, 3.8) is 0 Å². The van der Waals surface area contributed by atoms with Gasteiger partial charge in [-0.15, -0.1) is 11.8 Å². The summed E-state index contributed by atoms with van der Waals surface area (Å²) in [5.41, 5.74) is 1.99. The van der Waals surface area contributed by atoms with E-state index in [1.54, 1.807) is 11.8 Å². The summed E-state index contributed by atoms with van der Waals surface area (Å²) >= 11 is 1.54. The van der Waals surface area contributed by atoms with Crippen LogP contribution in [0.5, 0.6) is 0 Å². The SMILES string of the molecule is O=C1CSc2cc(CCO)ccc2N1. The number of amides is 1. The molecule has 0 unspecified atom stereocenters. The maximum Gasteiger partial charge on any atom is 0.234 e. The second-order valence-electron chi connectivity index (χ2n) is 3.14. The van der Waals surface area contributed by atoms with Crippen molar-refractivity contribution >= 4 is 23.4 Å². The van der Waals surface area contributed by atoms with Crippen molar-refractivity contribution in [1.82, 2.24) is 0 Å². The molecule has 2 rings (SSSR count). The second-order valence-corrected chi connectivity index (χ2v) is 4.16. The summed E-state index contributed by atoms with van der Waals surface area (Å²) in [6.07, 6.45) is 0.668. The van der Waals surface area contributed by atoms with Gasteiger partial charge >= 0.3 is 0 Å². The van der Waals surface area contributed by atoms with E-state index in [1.807, 2.05) is 18.2 Å². The Kier molecular flexibility index (Phi) is 2.74. The molecule has 1 aliphatic heterocycles. The average Bonchev–Trinajstić information content (AvgIpc) is 2.19. The van der Waals surface area contributed by atoms with Crippen LogP contribution in [0.4, 0.5) is 5.69 Å². The van der Waals surface area contributed by atoms with Gasteiger partial charge in [0.25, 0.3) is 0 Å². The van der Waals surface area contributed by atoms with E-state index < -0.39 is 0 Å². The maximum absolute atomic E-state index is 11.1. The molecule has 0 aliphatic carbocycles. The normalized spacial score (nSPS) is 14.8. The molecule has 3 nitrogen and oxygen atoms in total. The molecule has 0 saturated heterocycles.